The smallest absolute Gasteiger partial charge is 0.264 e. The number of rotatable bonds is 14. The van der Waals surface area contributed by atoms with Crippen LogP contribution in [-0.2, 0) is 32.6 Å². The molecule has 1 N–H and O–H groups in total. The highest BCUT2D eigenvalue weighted by Gasteiger charge is 2.36. The van der Waals surface area contributed by atoms with E-state index < -0.39 is 28.5 Å². The van der Waals surface area contributed by atoms with Crippen molar-refractivity contribution in [3.63, 3.8) is 0 Å². The third-order valence-corrected chi connectivity index (χ3v) is 10.5. The molecule has 0 radical (unpaired) electrons. The van der Waals surface area contributed by atoms with Crippen LogP contribution in [0.25, 0.3) is 0 Å². The number of nitrogens with zero attached hydrogens (tertiary/aromatic N) is 2. The summed E-state index contributed by atoms with van der Waals surface area (Å²) in [7, 11) is -4.24. The molecule has 252 valence electrons. The van der Waals surface area contributed by atoms with Gasteiger partial charge in [0.05, 0.1) is 17.2 Å². The van der Waals surface area contributed by atoms with Gasteiger partial charge in [0.25, 0.3) is 10.0 Å². The second kappa shape index (κ2) is 16.0. The topological polar surface area (TPSA) is 96.0 Å². The third-order valence-electron chi connectivity index (χ3n) is 8.77. The van der Waals surface area contributed by atoms with Crippen LogP contribution in [0.3, 0.4) is 0 Å². The zero-order valence-corrected chi connectivity index (χ0v) is 28.8. The molecule has 0 unspecified atom stereocenters. The maximum absolute atomic E-state index is 14.8. The third kappa shape index (κ3) is 8.63. The van der Waals surface area contributed by atoms with Crippen LogP contribution in [0.2, 0.25) is 0 Å². The number of hydrogen-bond acceptors (Lipinski definition) is 5. The summed E-state index contributed by atoms with van der Waals surface area (Å²) in [6.45, 7) is 5.59. The maximum atomic E-state index is 14.8. The van der Waals surface area contributed by atoms with Crippen molar-refractivity contribution in [1.29, 1.82) is 0 Å². The van der Waals surface area contributed by atoms with Gasteiger partial charge in [0.15, 0.2) is 0 Å². The molecular weight excluding hydrogens is 623 g/mol. The molecule has 8 nitrogen and oxygen atoms in total. The Balaban J connectivity index is 1.59. The monoisotopic (exact) mass is 667 g/mol. The van der Waals surface area contributed by atoms with Crippen molar-refractivity contribution in [2.75, 3.05) is 17.5 Å². The number of benzene rings is 4. The summed E-state index contributed by atoms with van der Waals surface area (Å²) >= 11 is 0. The summed E-state index contributed by atoms with van der Waals surface area (Å²) in [5.74, 6) is -0.401. The van der Waals surface area contributed by atoms with Gasteiger partial charge in [-0.3, -0.25) is 13.9 Å². The molecule has 4 aromatic rings. The molecule has 9 heteroatoms. The van der Waals surface area contributed by atoms with Crippen LogP contribution in [-0.4, -0.2) is 50.4 Å². The second-order valence-electron chi connectivity index (χ2n) is 12.4. The fourth-order valence-corrected chi connectivity index (χ4v) is 7.53. The van der Waals surface area contributed by atoms with Crippen molar-refractivity contribution in [2.24, 2.45) is 0 Å². The zero-order valence-electron chi connectivity index (χ0n) is 28.0. The minimum absolute atomic E-state index is 0.0450. The number of carbonyl (C=O) groups is 2. The molecule has 1 aliphatic carbocycles. The Kier molecular flexibility index (Phi) is 11.5. The molecule has 1 atom stereocenters. The lowest BCUT2D eigenvalue weighted by Gasteiger charge is -2.34. The number of amides is 2. The van der Waals surface area contributed by atoms with Crippen LogP contribution in [0, 0.1) is 13.8 Å². The van der Waals surface area contributed by atoms with Gasteiger partial charge in [-0.05, 0) is 69.0 Å². The summed E-state index contributed by atoms with van der Waals surface area (Å²) in [6.07, 6.45) is 4.16. The number of ether oxygens (including phenoxy) is 1. The molecule has 0 aliphatic heterocycles. The predicted molar refractivity (Wildman–Crippen MR) is 189 cm³/mol. The Morgan fingerprint density at radius 3 is 2.06 bits per heavy atom. The molecule has 48 heavy (non-hydrogen) atoms. The van der Waals surface area contributed by atoms with E-state index in [1.54, 1.807) is 53.4 Å². The van der Waals surface area contributed by atoms with E-state index in [0.717, 1.165) is 52.2 Å². The second-order valence-corrected chi connectivity index (χ2v) is 14.3. The van der Waals surface area contributed by atoms with Crippen LogP contribution in [0.15, 0.2) is 108 Å². The average molecular weight is 668 g/mol. The zero-order chi connectivity index (χ0) is 34.1. The SMILES string of the molecule is CCOc1ccccc1N(CC(=O)N(Cc1ccc(C)cc1)[C@H](Cc1ccccc1)C(=O)NC1CCCC1)S(=O)(=O)c1ccc(C)cc1. The highest BCUT2D eigenvalue weighted by atomic mass is 32.2. The van der Waals surface area contributed by atoms with Crippen molar-refractivity contribution >= 4 is 27.5 Å². The van der Waals surface area contributed by atoms with Crippen molar-refractivity contribution < 1.29 is 22.7 Å². The lowest BCUT2D eigenvalue weighted by Crippen LogP contribution is -2.54. The molecule has 1 fully saturated rings. The van der Waals surface area contributed by atoms with Crippen LogP contribution in [0.4, 0.5) is 5.69 Å². The minimum atomic E-state index is -4.24. The van der Waals surface area contributed by atoms with Gasteiger partial charge in [-0.15, -0.1) is 0 Å². The summed E-state index contributed by atoms with van der Waals surface area (Å²) < 4.78 is 35.8. The number of hydrogen-bond donors (Lipinski definition) is 1. The highest BCUT2D eigenvalue weighted by Crippen LogP contribution is 2.33. The van der Waals surface area contributed by atoms with Gasteiger partial charge >= 0.3 is 0 Å². The lowest BCUT2D eigenvalue weighted by atomic mass is 10.0. The Hall–Kier alpha value is -4.63. The van der Waals surface area contributed by atoms with Crippen molar-refractivity contribution in [1.82, 2.24) is 10.2 Å². The minimum Gasteiger partial charge on any atom is -0.492 e. The molecule has 4 aromatic carbocycles. The van der Waals surface area contributed by atoms with E-state index in [0.29, 0.717) is 12.4 Å². The number of nitrogens with one attached hydrogen (secondary N) is 1. The van der Waals surface area contributed by atoms with E-state index in [1.807, 2.05) is 75.4 Å². The number of para-hydroxylation sites is 2. The molecule has 0 bridgehead atoms. The summed E-state index contributed by atoms with van der Waals surface area (Å²) in [6, 6.07) is 30.0. The largest absolute Gasteiger partial charge is 0.492 e. The van der Waals surface area contributed by atoms with E-state index in [4.69, 9.17) is 4.74 Å². The molecule has 0 aromatic heterocycles. The van der Waals surface area contributed by atoms with Crippen molar-refractivity contribution in [3.8, 4) is 5.75 Å². The van der Waals surface area contributed by atoms with Crippen LogP contribution < -0.4 is 14.4 Å². The molecule has 2 amide bonds. The molecule has 1 aliphatic rings. The Morgan fingerprint density at radius 2 is 1.42 bits per heavy atom. The van der Waals surface area contributed by atoms with E-state index in [1.165, 1.54) is 0 Å². The Bertz CT molecular complexity index is 1770. The average Bonchev–Trinajstić information content (AvgIpc) is 3.60. The standard InChI is InChI=1S/C39H45N3O5S/c1-4-47-37-17-11-10-16-35(37)42(48(45,46)34-24-20-30(3)21-25-34)28-38(43)41(27-32-22-18-29(2)19-23-32)36(26-31-12-6-5-7-13-31)39(44)40-33-14-8-9-15-33/h5-7,10-13,16-25,33,36H,4,8-9,14-15,26-28H2,1-3H3,(H,40,44)/t36-/m1/s1. The van der Waals surface area contributed by atoms with Gasteiger partial charge in [-0.1, -0.05) is 103 Å². The predicted octanol–water partition coefficient (Wildman–Crippen LogP) is 6.60. The Labute approximate surface area is 284 Å². The van der Waals surface area contributed by atoms with E-state index in [9.17, 15) is 18.0 Å². The molecule has 0 heterocycles. The first kappa shape index (κ1) is 34.7. The van der Waals surface area contributed by atoms with E-state index in [2.05, 4.69) is 5.32 Å². The number of sulfonamides is 1. The summed E-state index contributed by atoms with van der Waals surface area (Å²) in [4.78, 5) is 30.6. The molecular formula is C39H45N3O5S. The van der Waals surface area contributed by atoms with Crippen LogP contribution >= 0.6 is 0 Å². The fourth-order valence-electron chi connectivity index (χ4n) is 6.10. The van der Waals surface area contributed by atoms with Gasteiger partial charge in [0.1, 0.15) is 18.3 Å². The fraction of sp³-hybridized carbons (Fsp3) is 0.333. The van der Waals surface area contributed by atoms with Crippen molar-refractivity contribution in [2.45, 2.75) is 76.4 Å². The Morgan fingerprint density at radius 1 is 0.812 bits per heavy atom. The van der Waals surface area contributed by atoms with Crippen LogP contribution in [0.1, 0.15) is 54.9 Å². The number of carbonyl (C=O) groups excluding carboxylic acids is 2. The highest BCUT2D eigenvalue weighted by molar-refractivity contribution is 7.92. The van der Waals surface area contributed by atoms with E-state index >= 15 is 0 Å². The van der Waals surface area contributed by atoms with E-state index in [-0.39, 0.29) is 35.5 Å². The molecule has 1 saturated carbocycles. The van der Waals surface area contributed by atoms with Gasteiger partial charge in [-0.2, -0.15) is 0 Å². The molecule has 0 saturated heterocycles. The molecule has 0 spiro atoms. The maximum Gasteiger partial charge on any atom is 0.264 e. The number of anilines is 1. The lowest BCUT2D eigenvalue weighted by molar-refractivity contribution is -0.140. The quantitative estimate of drug-likeness (QED) is 0.164. The van der Waals surface area contributed by atoms with Gasteiger partial charge < -0.3 is 15.0 Å². The van der Waals surface area contributed by atoms with Gasteiger partial charge in [0, 0.05) is 19.0 Å². The van der Waals surface area contributed by atoms with Crippen LogP contribution in [0.5, 0.6) is 5.75 Å². The molecule has 5 rings (SSSR count). The number of aryl methyl sites for hydroxylation is 2. The first-order chi connectivity index (χ1) is 23.2. The first-order valence-electron chi connectivity index (χ1n) is 16.7. The summed E-state index contributed by atoms with van der Waals surface area (Å²) in [5.41, 5.74) is 3.96. The first-order valence-corrected chi connectivity index (χ1v) is 18.1. The van der Waals surface area contributed by atoms with Gasteiger partial charge in [-0.25, -0.2) is 8.42 Å². The van der Waals surface area contributed by atoms with Crippen molar-refractivity contribution in [3.05, 3.63) is 125 Å². The summed E-state index contributed by atoms with van der Waals surface area (Å²) in [5, 5.41) is 3.22. The normalized spacial score (nSPS) is 13.9. The van der Waals surface area contributed by atoms with Gasteiger partial charge in [0.2, 0.25) is 11.8 Å².